The van der Waals surface area contributed by atoms with Gasteiger partial charge in [0.15, 0.2) is 5.82 Å². The van der Waals surface area contributed by atoms with Gasteiger partial charge in [-0.2, -0.15) is 5.10 Å². The molecule has 0 radical (unpaired) electrons. The number of hydrogen-bond acceptors (Lipinski definition) is 3. The molecule has 0 unspecified atom stereocenters. The molecule has 2 N–H and O–H groups in total. The van der Waals surface area contributed by atoms with E-state index < -0.39 is 5.97 Å². The zero-order valence-corrected chi connectivity index (χ0v) is 12.2. The molecule has 2 aromatic rings. The Morgan fingerprint density at radius 2 is 2.00 bits per heavy atom. The number of rotatable bonds is 4. The van der Waals surface area contributed by atoms with Gasteiger partial charge in [0.1, 0.15) is 0 Å². The summed E-state index contributed by atoms with van der Waals surface area (Å²) in [7, 11) is 0. The lowest BCUT2D eigenvalue weighted by Gasteiger charge is -2.02. The summed E-state index contributed by atoms with van der Waals surface area (Å²) in [4.78, 5) is 21.8. The summed E-state index contributed by atoms with van der Waals surface area (Å²) >= 11 is 3.31. The van der Waals surface area contributed by atoms with E-state index in [-0.39, 0.29) is 11.5 Å². The molecule has 0 saturated heterocycles. The number of anilines is 1. The molecule has 0 atom stereocenters. The minimum Gasteiger partial charge on any atom is -0.478 e. The van der Waals surface area contributed by atoms with Crippen LogP contribution in [0.25, 0.3) is 0 Å². The second-order valence-corrected chi connectivity index (χ2v) is 5.06. The molecule has 0 fully saturated rings. The molecule has 20 heavy (non-hydrogen) atoms. The van der Waals surface area contributed by atoms with Crippen molar-refractivity contribution < 1.29 is 14.7 Å². The third-order valence-corrected chi connectivity index (χ3v) is 3.14. The number of hydrogen-bond donors (Lipinski definition) is 2. The van der Waals surface area contributed by atoms with Gasteiger partial charge in [0, 0.05) is 13.1 Å². The Hall–Kier alpha value is -2.15. The van der Waals surface area contributed by atoms with E-state index in [9.17, 15) is 9.59 Å². The average molecular weight is 338 g/mol. The second-order valence-electron chi connectivity index (χ2n) is 4.21. The van der Waals surface area contributed by atoms with Crippen LogP contribution in [-0.2, 0) is 11.3 Å². The average Bonchev–Trinajstić information content (AvgIpc) is 2.69. The van der Waals surface area contributed by atoms with Crippen molar-refractivity contribution in [3.05, 3.63) is 46.1 Å². The Balaban J connectivity index is 2.13. The summed E-state index contributed by atoms with van der Waals surface area (Å²) in [6.07, 6.45) is 1.75. The maximum Gasteiger partial charge on any atom is 0.335 e. The van der Waals surface area contributed by atoms with Crippen LogP contribution in [0.3, 0.4) is 0 Å². The van der Waals surface area contributed by atoms with E-state index in [1.807, 2.05) is 0 Å². The number of carboxylic acid groups (broad SMARTS) is 1. The molecular formula is C13H12BrN3O3. The second kappa shape index (κ2) is 5.87. The standard InChI is InChI=1S/C13H12BrN3O3/c1-8(18)15-12-11(14)7-17(16-12)6-9-2-4-10(5-3-9)13(19)20/h2-5,7H,6H2,1H3,(H,19,20)(H,15,16,18). The normalized spacial score (nSPS) is 10.3. The van der Waals surface area contributed by atoms with Crippen LogP contribution in [0, 0.1) is 0 Å². The summed E-state index contributed by atoms with van der Waals surface area (Å²) in [6.45, 7) is 1.90. The van der Waals surface area contributed by atoms with Crippen LogP contribution in [-0.4, -0.2) is 26.8 Å². The molecule has 0 bridgehead atoms. The third kappa shape index (κ3) is 3.45. The molecule has 0 spiro atoms. The largest absolute Gasteiger partial charge is 0.478 e. The molecule has 0 aliphatic heterocycles. The highest BCUT2D eigenvalue weighted by Gasteiger charge is 2.08. The quantitative estimate of drug-likeness (QED) is 0.896. The zero-order valence-electron chi connectivity index (χ0n) is 10.6. The van der Waals surface area contributed by atoms with Crippen molar-refractivity contribution in [3.8, 4) is 0 Å². The van der Waals surface area contributed by atoms with Gasteiger partial charge in [-0.15, -0.1) is 0 Å². The van der Waals surface area contributed by atoms with E-state index in [1.54, 1.807) is 35.1 Å². The molecule has 6 nitrogen and oxygen atoms in total. The van der Waals surface area contributed by atoms with Crippen molar-refractivity contribution in [1.29, 1.82) is 0 Å². The fraction of sp³-hybridized carbons (Fsp3) is 0.154. The van der Waals surface area contributed by atoms with Gasteiger partial charge in [-0.05, 0) is 33.6 Å². The van der Waals surface area contributed by atoms with Crippen molar-refractivity contribution >= 4 is 33.6 Å². The molecule has 1 aromatic heterocycles. The van der Waals surface area contributed by atoms with Crippen molar-refractivity contribution in [2.75, 3.05) is 5.32 Å². The van der Waals surface area contributed by atoms with Gasteiger partial charge in [0.05, 0.1) is 16.6 Å². The van der Waals surface area contributed by atoms with E-state index in [4.69, 9.17) is 5.11 Å². The Morgan fingerprint density at radius 3 is 2.55 bits per heavy atom. The molecule has 1 amide bonds. The molecule has 1 heterocycles. The number of benzene rings is 1. The molecule has 104 valence electrons. The predicted molar refractivity (Wildman–Crippen MR) is 76.7 cm³/mol. The number of nitrogens with one attached hydrogen (secondary N) is 1. The van der Waals surface area contributed by atoms with Gasteiger partial charge in [-0.25, -0.2) is 4.79 Å². The molecule has 0 saturated carbocycles. The lowest BCUT2D eigenvalue weighted by molar-refractivity contribution is -0.114. The summed E-state index contributed by atoms with van der Waals surface area (Å²) < 4.78 is 2.35. The van der Waals surface area contributed by atoms with Crippen LogP contribution in [0.15, 0.2) is 34.9 Å². The molecule has 1 aromatic carbocycles. The highest BCUT2D eigenvalue weighted by atomic mass is 79.9. The van der Waals surface area contributed by atoms with Crippen molar-refractivity contribution in [1.82, 2.24) is 9.78 Å². The van der Waals surface area contributed by atoms with E-state index in [1.165, 1.54) is 6.92 Å². The molecular weight excluding hydrogens is 326 g/mol. The number of halogens is 1. The lowest BCUT2D eigenvalue weighted by Crippen LogP contribution is -2.08. The summed E-state index contributed by atoms with van der Waals surface area (Å²) in [5.74, 6) is -0.687. The predicted octanol–water partition coefficient (Wildman–Crippen LogP) is 2.35. The highest BCUT2D eigenvalue weighted by Crippen LogP contribution is 2.20. The fourth-order valence-corrected chi connectivity index (χ4v) is 2.08. The Morgan fingerprint density at radius 1 is 1.35 bits per heavy atom. The lowest BCUT2D eigenvalue weighted by atomic mass is 10.1. The van der Waals surface area contributed by atoms with Crippen LogP contribution in [0.2, 0.25) is 0 Å². The van der Waals surface area contributed by atoms with Crippen molar-refractivity contribution in [2.45, 2.75) is 13.5 Å². The van der Waals surface area contributed by atoms with E-state index in [2.05, 4.69) is 26.3 Å². The van der Waals surface area contributed by atoms with Gasteiger partial charge in [-0.3, -0.25) is 9.48 Å². The van der Waals surface area contributed by atoms with E-state index in [0.29, 0.717) is 16.8 Å². The Labute approximate surface area is 123 Å². The fourth-order valence-electron chi connectivity index (χ4n) is 1.67. The summed E-state index contributed by atoms with van der Waals surface area (Å²) in [5, 5.41) is 15.7. The summed E-state index contributed by atoms with van der Waals surface area (Å²) in [5.41, 5.74) is 1.16. The molecule has 0 aliphatic rings. The molecule has 2 rings (SSSR count). The minimum atomic E-state index is -0.952. The number of carbonyl (C=O) groups excluding carboxylic acids is 1. The first kappa shape index (κ1) is 14.3. The van der Waals surface area contributed by atoms with E-state index >= 15 is 0 Å². The molecule has 0 aliphatic carbocycles. The maximum atomic E-state index is 11.0. The monoisotopic (exact) mass is 337 g/mol. The van der Waals surface area contributed by atoms with Crippen LogP contribution < -0.4 is 5.32 Å². The Bertz CT molecular complexity index is 649. The molecule has 7 heteroatoms. The van der Waals surface area contributed by atoms with Crippen molar-refractivity contribution in [3.63, 3.8) is 0 Å². The number of aromatic carboxylic acids is 1. The number of nitrogens with zero attached hydrogens (tertiary/aromatic N) is 2. The highest BCUT2D eigenvalue weighted by molar-refractivity contribution is 9.10. The topological polar surface area (TPSA) is 84.2 Å². The van der Waals surface area contributed by atoms with Gasteiger partial charge in [-0.1, -0.05) is 12.1 Å². The number of aromatic nitrogens is 2. The number of carboxylic acids is 1. The first-order valence-corrected chi connectivity index (χ1v) is 6.58. The minimum absolute atomic E-state index is 0.193. The third-order valence-electron chi connectivity index (χ3n) is 2.56. The SMILES string of the molecule is CC(=O)Nc1nn(Cc2ccc(C(=O)O)cc2)cc1Br. The van der Waals surface area contributed by atoms with Gasteiger partial charge in [0.2, 0.25) is 5.91 Å². The first-order valence-electron chi connectivity index (χ1n) is 5.78. The number of carbonyl (C=O) groups is 2. The van der Waals surface area contributed by atoms with Crippen LogP contribution >= 0.6 is 15.9 Å². The van der Waals surface area contributed by atoms with Crippen LogP contribution in [0.5, 0.6) is 0 Å². The maximum absolute atomic E-state index is 11.0. The smallest absolute Gasteiger partial charge is 0.335 e. The van der Waals surface area contributed by atoms with Gasteiger partial charge < -0.3 is 10.4 Å². The van der Waals surface area contributed by atoms with Crippen molar-refractivity contribution in [2.24, 2.45) is 0 Å². The zero-order chi connectivity index (χ0) is 14.7. The van der Waals surface area contributed by atoms with E-state index in [0.717, 1.165) is 5.56 Å². The summed E-state index contributed by atoms with van der Waals surface area (Å²) in [6, 6.07) is 6.56. The van der Waals surface area contributed by atoms with Crippen LogP contribution in [0.1, 0.15) is 22.8 Å². The van der Waals surface area contributed by atoms with Gasteiger partial charge >= 0.3 is 5.97 Å². The Kier molecular flexibility index (Phi) is 4.19. The number of amides is 1. The van der Waals surface area contributed by atoms with Crippen LogP contribution in [0.4, 0.5) is 5.82 Å². The van der Waals surface area contributed by atoms with Gasteiger partial charge in [0.25, 0.3) is 0 Å². The first-order chi connectivity index (χ1) is 9.45.